The quantitative estimate of drug-likeness (QED) is 0.779. The number of aryl methyl sites for hydroxylation is 1. The van der Waals surface area contributed by atoms with Crippen LogP contribution in [0.5, 0.6) is 6.01 Å². The first-order valence-corrected chi connectivity index (χ1v) is 8.89. The standard InChI is InChI=1S/C10H20N2O2Si/c1-12-7-9(8-13)11-10(12)14-5-6-15(2,3)4/h7,13H,5-6,8H2,1-4H3. The van der Waals surface area contributed by atoms with E-state index in [9.17, 15) is 0 Å². The van der Waals surface area contributed by atoms with Crippen LogP contribution >= 0.6 is 0 Å². The van der Waals surface area contributed by atoms with Gasteiger partial charge in [0.05, 0.1) is 18.9 Å². The van der Waals surface area contributed by atoms with Gasteiger partial charge in [0.25, 0.3) is 6.01 Å². The predicted octanol–water partition coefficient (Wildman–Crippen LogP) is 1.63. The molecule has 0 aromatic carbocycles. The third-order valence-electron chi connectivity index (χ3n) is 2.13. The Morgan fingerprint density at radius 3 is 2.60 bits per heavy atom. The minimum atomic E-state index is -1.04. The number of aliphatic hydroxyl groups excluding tert-OH is 1. The van der Waals surface area contributed by atoms with E-state index < -0.39 is 8.07 Å². The summed E-state index contributed by atoms with van der Waals surface area (Å²) in [7, 11) is 0.830. The summed E-state index contributed by atoms with van der Waals surface area (Å²) < 4.78 is 7.37. The lowest BCUT2D eigenvalue weighted by Crippen LogP contribution is -2.22. The van der Waals surface area contributed by atoms with Gasteiger partial charge in [-0.2, -0.15) is 4.98 Å². The maximum Gasteiger partial charge on any atom is 0.296 e. The zero-order valence-electron chi connectivity index (χ0n) is 9.95. The van der Waals surface area contributed by atoms with E-state index in [1.165, 1.54) is 0 Å². The van der Waals surface area contributed by atoms with Crippen molar-refractivity contribution in [1.82, 2.24) is 9.55 Å². The molecular formula is C10H20N2O2Si. The number of imidazole rings is 1. The SMILES string of the molecule is Cn1cc(CO)nc1OCC[Si](C)(C)C. The molecule has 0 bridgehead atoms. The molecule has 86 valence electrons. The van der Waals surface area contributed by atoms with Crippen LogP contribution in [0.25, 0.3) is 0 Å². The highest BCUT2D eigenvalue weighted by Gasteiger charge is 2.13. The van der Waals surface area contributed by atoms with Gasteiger partial charge in [-0.15, -0.1) is 0 Å². The van der Waals surface area contributed by atoms with Gasteiger partial charge in [-0.25, -0.2) is 0 Å². The van der Waals surface area contributed by atoms with Crippen LogP contribution in [0.15, 0.2) is 6.20 Å². The van der Waals surface area contributed by atoms with Gasteiger partial charge < -0.3 is 14.4 Å². The van der Waals surface area contributed by atoms with E-state index in [2.05, 4.69) is 24.6 Å². The zero-order chi connectivity index (χ0) is 11.5. The number of rotatable bonds is 5. The molecule has 0 radical (unpaired) electrons. The third kappa shape index (κ3) is 4.05. The van der Waals surface area contributed by atoms with Gasteiger partial charge >= 0.3 is 0 Å². The maximum atomic E-state index is 8.91. The molecule has 0 atom stereocenters. The second-order valence-corrected chi connectivity index (χ2v) is 10.6. The second kappa shape index (κ2) is 4.81. The molecule has 0 aliphatic carbocycles. The normalized spacial score (nSPS) is 11.8. The Labute approximate surface area is 91.9 Å². The van der Waals surface area contributed by atoms with Crippen molar-refractivity contribution in [2.45, 2.75) is 32.3 Å². The smallest absolute Gasteiger partial charge is 0.296 e. The summed E-state index contributed by atoms with van der Waals surface area (Å²) in [5.41, 5.74) is 0.653. The average molecular weight is 228 g/mol. The largest absolute Gasteiger partial charge is 0.465 e. The minimum Gasteiger partial charge on any atom is -0.465 e. The number of hydrogen-bond acceptors (Lipinski definition) is 3. The Balaban J connectivity index is 2.47. The lowest BCUT2D eigenvalue weighted by molar-refractivity contribution is 0.273. The Hall–Kier alpha value is -0.813. The highest BCUT2D eigenvalue weighted by Crippen LogP contribution is 2.12. The molecule has 0 unspecified atom stereocenters. The van der Waals surface area contributed by atoms with Gasteiger partial charge in [0, 0.05) is 21.3 Å². The summed E-state index contributed by atoms with van der Waals surface area (Å²) in [6, 6.07) is 1.71. The van der Waals surface area contributed by atoms with Gasteiger partial charge in [-0.3, -0.25) is 0 Å². The van der Waals surface area contributed by atoms with Gasteiger partial charge in [-0.05, 0) is 6.04 Å². The van der Waals surface area contributed by atoms with Crippen LogP contribution in [0, 0.1) is 0 Å². The van der Waals surface area contributed by atoms with E-state index in [-0.39, 0.29) is 6.61 Å². The third-order valence-corrected chi connectivity index (χ3v) is 3.83. The molecule has 5 heteroatoms. The van der Waals surface area contributed by atoms with Gasteiger partial charge in [0.1, 0.15) is 0 Å². The molecule has 1 heterocycles. The molecule has 0 aliphatic rings. The van der Waals surface area contributed by atoms with Gasteiger partial charge in [-0.1, -0.05) is 19.6 Å². The Bertz CT molecular complexity index is 318. The van der Waals surface area contributed by atoms with Crippen LogP contribution in [-0.2, 0) is 13.7 Å². The molecule has 15 heavy (non-hydrogen) atoms. The van der Waals surface area contributed by atoms with E-state index in [1.807, 2.05) is 7.05 Å². The van der Waals surface area contributed by atoms with Crippen molar-refractivity contribution < 1.29 is 9.84 Å². The van der Waals surface area contributed by atoms with Crippen molar-refractivity contribution in [3.05, 3.63) is 11.9 Å². The number of aliphatic hydroxyl groups is 1. The summed E-state index contributed by atoms with van der Waals surface area (Å²) in [5.74, 6) is 0. The van der Waals surface area contributed by atoms with Crippen LogP contribution in [0.4, 0.5) is 0 Å². The van der Waals surface area contributed by atoms with Gasteiger partial charge in [0.2, 0.25) is 0 Å². The monoisotopic (exact) mass is 228 g/mol. The number of hydrogen-bond donors (Lipinski definition) is 1. The number of aromatic nitrogens is 2. The van der Waals surface area contributed by atoms with Crippen molar-refractivity contribution in [1.29, 1.82) is 0 Å². The summed E-state index contributed by atoms with van der Waals surface area (Å²) in [6.07, 6.45) is 1.78. The fourth-order valence-electron chi connectivity index (χ4n) is 1.17. The summed E-state index contributed by atoms with van der Waals surface area (Å²) >= 11 is 0. The number of nitrogens with zero attached hydrogens (tertiary/aromatic N) is 2. The van der Waals surface area contributed by atoms with E-state index in [0.29, 0.717) is 18.3 Å². The van der Waals surface area contributed by atoms with Crippen LogP contribution in [0.2, 0.25) is 25.7 Å². The molecule has 1 aromatic heterocycles. The van der Waals surface area contributed by atoms with E-state index >= 15 is 0 Å². The van der Waals surface area contributed by atoms with Crippen LogP contribution < -0.4 is 4.74 Å². The number of ether oxygens (including phenoxy) is 1. The topological polar surface area (TPSA) is 47.3 Å². The summed E-state index contributed by atoms with van der Waals surface area (Å²) in [4.78, 5) is 4.15. The minimum absolute atomic E-state index is 0.0365. The van der Waals surface area contributed by atoms with Crippen LogP contribution in [0.1, 0.15) is 5.69 Å². The molecule has 0 spiro atoms. The van der Waals surface area contributed by atoms with Crippen molar-refractivity contribution >= 4 is 8.07 Å². The first-order chi connectivity index (χ1) is 6.92. The fourth-order valence-corrected chi connectivity index (χ4v) is 1.88. The highest BCUT2D eigenvalue weighted by atomic mass is 28.3. The second-order valence-electron chi connectivity index (χ2n) is 4.94. The van der Waals surface area contributed by atoms with Crippen molar-refractivity contribution in [2.75, 3.05) is 6.61 Å². The first kappa shape index (κ1) is 12.3. The van der Waals surface area contributed by atoms with Crippen LogP contribution in [-0.4, -0.2) is 29.3 Å². The molecular weight excluding hydrogens is 208 g/mol. The molecule has 0 aliphatic heterocycles. The first-order valence-electron chi connectivity index (χ1n) is 5.18. The van der Waals surface area contributed by atoms with Crippen molar-refractivity contribution in [3.8, 4) is 6.01 Å². The molecule has 0 fully saturated rings. The highest BCUT2D eigenvalue weighted by molar-refractivity contribution is 6.76. The van der Waals surface area contributed by atoms with Gasteiger partial charge in [0.15, 0.2) is 0 Å². The Morgan fingerprint density at radius 1 is 1.47 bits per heavy atom. The lowest BCUT2D eigenvalue weighted by Gasteiger charge is -2.15. The zero-order valence-corrected chi connectivity index (χ0v) is 10.9. The van der Waals surface area contributed by atoms with Crippen LogP contribution in [0.3, 0.4) is 0 Å². The average Bonchev–Trinajstić information content (AvgIpc) is 2.45. The van der Waals surface area contributed by atoms with E-state index in [1.54, 1.807) is 10.8 Å². The Kier molecular flexibility index (Phi) is 3.93. The Morgan fingerprint density at radius 2 is 2.13 bits per heavy atom. The molecule has 1 aromatic rings. The molecule has 0 saturated heterocycles. The van der Waals surface area contributed by atoms with Crippen molar-refractivity contribution in [3.63, 3.8) is 0 Å². The fraction of sp³-hybridized carbons (Fsp3) is 0.700. The molecule has 0 saturated carbocycles. The summed E-state index contributed by atoms with van der Waals surface area (Å²) in [5, 5.41) is 8.91. The van der Waals surface area contributed by atoms with Crippen molar-refractivity contribution in [2.24, 2.45) is 7.05 Å². The lowest BCUT2D eigenvalue weighted by atomic mass is 10.5. The summed E-state index contributed by atoms with van der Waals surface area (Å²) in [6.45, 7) is 7.62. The maximum absolute atomic E-state index is 8.91. The van der Waals surface area contributed by atoms with E-state index in [4.69, 9.17) is 9.84 Å². The molecule has 4 nitrogen and oxygen atoms in total. The molecule has 1 rings (SSSR count). The molecule has 1 N–H and O–H groups in total. The predicted molar refractivity (Wildman–Crippen MR) is 62.8 cm³/mol. The van der Waals surface area contributed by atoms with E-state index in [0.717, 1.165) is 6.04 Å². The molecule has 0 amide bonds.